The lowest BCUT2D eigenvalue weighted by molar-refractivity contribution is 0.0534. The highest BCUT2D eigenvalue weighted by molar-refractivity contribution is 5.82. The number of nitrogens with two attached hydrogens (primary N) is 1. The molecule has 64 valence electrons. The third-order valence-electron chi connectivity index (χ3n) is 1.47. The van der Waals surface area contributed by atoms with Gasteiger partial charge in [-0.2, -0.15) is 0 Å². The van der Waals surface area contributed by atoms with Crippen LogP contribution in [-0.4, -0.2) is 48.0 Å². The number of hydrogen-bond donors (Lipinski definition) is 3. The van der Waals surface area contributed by atoms with Crippen molar-refractivity contribution in [3.63, 3.8) is 0 Å². The maximum absolute atomic E-state index is 9.23. The van der Waals surface area contributed by atoms with Gasteiger partial charge in [-0.05, 0) is 0 Å². The molecular weight excluding hydrogens is 148 g/mol. The Hall–Kier alpha value is -0.650. The van der Waals surface area contributed by atoms with Crippen molar-refractivity contribution < 1.29 is 14.9 Å². The molecule has 4 N–H and O–H groups in total. The first-order valence-corrected chi connectivity index (χ1v) is 3.49. The molecular formula is C6H12N2O3. The van der Waals surface area contributed by atoms with Crippen LogP contribution in [0, 0.1) is 0 Å². The van der Waals surface area contributed by atoms with Crippen molar-refractivity contribution in [2.45, 2.75) is 12.2 Å². The Morgan fingerprint density at radius 1 is 1.64 bits per heavy atom. The van der Waals surface area contributed by atoms with Crippen molar-refractivity contribution >= 4 is 5.90 Å². The lowest BCUT2D eigenvalue weighted by Crippen LogP contribution is -2.39. The second kappa shape index (κ2) is 3.66. The van der Waals surface area contributed by atoms with Gasteiger partial charge in [0.05, 0.1) is 6.54 Å². The molecule has 1 aliphatic heterocycles. The lowest BCUT2D eigenvalue weighted by atomic mass is 10.2. The third kappa shape index (κ3) is 1.89. The summed E-state index contributed by atoms with van der Waals surface area (Å²) in [7, 11) is 0. The molecule has 5 nitrogen and oxygen atoms in total. The summed E-state index contributed by atoms with van der Waals surface area (Å²) in [5.74, 6) is 0.197. The van der Waals surface area contributed by atoms with Crippen molar-refractivity contribution in [2.24, 2.45) is 10.7 Å². The molecule has 1 aliphatic rings. The van der Waals surface area contributed by atoms with E-state index in [2.05, 4.69) is 4.99 Å². The molecule has 0 amide bonds. The van der Waals surface area contributed by atoms with Gasteiger partial charge < -0.3 is 20.7 Å². The van der Waals surface area contributed by atoms with Crippen molar-refractivity contribution in [1.29, 1.82) is 0 Å². The molecule has 1 heterocycles. The molecule has 0 bridgehead atoms. The van der Waals surface area contributed by atoms with Gasteiger partial charge in [-0.25, -0.2) is 4.99 Å². The first-order valence-electron chi connectivity index (χ1n) is 3.49. The number of aliphatic hydroxyl groups is 2. The zero-order valence-electron chi connectivity index (χ0n) is 6.10. The number of rotatable bonds is 3. The summed E-state index contributed by atoms with van der Waals surface area (Å²) in [5, 5.41) is 18.3. The molecule has 0 aromatic heterocycles. The summed E-state index contributed by atoms with van der Waals surface area (Å²) in [6, 6.07) is 0. The molecule has 2 unspecified atom stereocenters. The Kier molecular flexibility index (Phi) is 2.81. The van der Waals surface area contributed by atoms with Gasteiger partial charge in [-0.1, -0.05) is 0 Å². The lowest BCUT2D eigenvalue weighted by Gasteiger charge is -2.14. The van der Waals surface area contributed by atoms with E-state index in [1.165, 1.54) is 0 Å². The maximum atomic E-state index is 9.23. The summed E-state index contributed by atoms with van der Waals surface area (Å²) in [6.45, 7) is 1.02. The van der Waals surface area contributed by atoms with Gasteiger partial charge >= 0.3 is 0 Å². The van der Waals surface area contributed by atoms with Crippen molar-refractivity contribution in [3.8, 4) is 0 Å². The van der Waals surface area contributed by atoms with Gasteiger partial charge in [-0.3, -0.25) is 0 Å². The Labute approximate surface area is 64.5 Å². The van der Waals surface area contributed by atoms with E-state index in [0.717, 1.165) is 0 Å². The zero-order valence-corrected chi connectivity index (χ0v) is 6.10. The highest BCUT2D eigenvalue weighted by Crippen LogP contribution is 2.02. The fraction of sp³-hybridized carbons (Fsp3) is 0.833. The number of nitrogens with zero attached hydrogens (tertiary/aromatic N) is 1. The molecule has 0 aromatic carbocycles. The molecule has 1 rings (SSSR count). The molecule has 0 aliphatic carbocycles. The van der Waals surface area contributed by atoms with Gasteiger partial charge in [0, 0.05) is 6.54 Å². The van der Waals surface area contributed by atoms with E-state index in [1.807, 2.05) is 0 Å². The van der Waals surface area contributed by atoms with Crippen LogP contribution < -0.4 is 5.73 Å². The van der Waals surface area contributed by atoms with Crippen LogP contribution in [-0.2, 0) is 4.74 Å². The van der Waals surface area contributed by atoms with Crippen molar-refractivity contribution in [2.75, 3.05) is 19.7 Å². The van der Waals surface area contributed by atoms with Crippen LogP contribution in [0.25, 0.3) is 0 Å². The monoisotopic (exact) mass is 160 g/mol. The zero-order chi connectivity index (χ0) is 8.27. The summed E-state index contributed by atoms with van der Waals surface area (Å²) in [4.78, 5) is 3.83. The van der Waals surface area contributed by atoms with Crippen LogP contribution in [0.4, 0.5) is 0 Å². The van der Waals surface area contributed by atoms with E-state index in [1.54, 1.807) is 0 Å². The fourth-order valence-corrected chi connectivity index (χ4v) is 0.824. The van der Waals surface area contributed by atoms with Crippen molar-refractivity contribution in [3.05, 3.63) is 0 Å². The third-order valence-corrected chi connectivity index (χ3v) is 1.47. The van der Waals surface area contributed by atoms with Crippen LogP contribution in [0.15, 0.2) is 4.99 Å². The maximum Gasteiger partial charge on any atom is 0.216 e. The van der Waals surface area contributed by atoms with Gasteiger partial charge in [-0.15, -0.1) is 0 Å². The first-order chi connectivity index (χ1) is 5.25. The molecule has 0 spiro atoms. The number of hydrogen-bond acceptors (Lipinski definition) is 5. The van der Waals surface area contributed by atoms with Crippen LogP contribution in [0.2, 0.25) is 0 Å². The molecule has 0 saturated heterocycles. The highest BCUT2D eigenvalue weighted by atomic mass is 16.5. The molecule has 0 radical (unpaired) electrons. The molecule has 0 aromatic rings. The number of aliphatic imine (C=N–C) groups is 1. The Balaban J connectivity index is 2.45. The van der Waals surface area contributed by atoms with Crippen molar-refractivity contribution in [1.82, 2.24) is 0 Å². The SMILES string of the molecule is NCC(O)C(O)C1=NCCO1. The fourth-order valence-electron chi connectivity index (χ4n) is 0.824. The van der Waals surface area contributed by atoms with Gasteiger partial charge in [0.15, 0.2) is 6.10 Å². The number of ether oxygens (including phenoxy) is 1. The molecule has 0 saturated carbocycles. The minimum absolute atomic E-state index is 0.00352. The minimum Gasteiger partial charge on any atom is -0.477 e. The number of aliphatic hydroxyl groups excluding tert-OH is 2. The Bertz CT molecular complexity index is 160. The van der Waals surface area contributed by atoms with E-state index >= 15 is 0 Å². The van der Waals surface area contributed by atoms with E-state index < -0.39 is 12.2 Å². The predicted molar refractivity (Wildman–Crippen MR) is 39.3 cm³/mol. The average Bonchev–Trinajstić information content (AvgIpc) is 2.53. The van der Waals surface area contributed by atoms with E-state index in [-0.39, 0.29) is 12.4 Å². The van der Waals surface area contributed by atoms with E-state index in [4.69, 9.17) is 15.6 Å². The van der Waals surface area contributed by atoms with E-state index in [0.29, 0.717) is 13.2 Å². The van der Waals surface area contributed by atoms with Crippen LogP contribution in [0.1, 0.15) is 0 Å². The van der Waals surface area contributed by atoms with Gasteiger partial charge in [0.1, 0.15) is 12.7 Å². The molecule has 2 atom stereocenters. The smallest absolute Gasteiger partial charge is 0.216 e. The normalized spacial score (nSPS) is 22.3. The summed E-state index contributed by atoms with van der Waals surface area (Å²) < 4.78 is 4.92. The second-order valence-corrected chi connectivity index (χ2v) is 2.32. The Morgan fingerprint density at radius 2 is 2.36 bits per heavy atom. The summed E-state index contributed by atoms with van der Waals surface area (Å²) in [5.41, 5.74) is 5.12. The summed E-state index contributed by atoms with van der Waals surface area (Å²) in [6.07, 6.45) is -2.05. The largest absolute Gasteiger partial charge is 0.477 e. The highest BCUT2D eigenvalue weighted by Gasteiger charge is 2.24. The standard InChI is InChI=1S/C6H12N2O3/c7-3-4(9)5(10)6-8-1-2-11-6/h4-5,9-10H,1-3,7H2. The topological polar surface area (TPSA) is 88.1 Å². The van der Waals surface area contributed by atoms with Gasteiger partial charge in [0.2, 0.25) is 5.90 Å². The van der Waals surface area contributed by atoms with Gasteiger partial charge in [0.25, 0.3) is 0 Å². The molecule has 5 heteroatoms. The predicted octanol–water partition coefficient (Wildman–Crippen LogP) is -1.90. The van der Waals surface area contributed by atoms with E-state index in [9.17, 15) is 5.11 Å². The summed E-state index contributed by atoms with van der Waals surface area (Å²) >= 11 is 0. The molecule has 11 heavy (non-hydrogen) atoms. The Morgan fingerprint density at radius 3 is 2.82 bits per heavy atom. The minimum atomic E-state index is -1.07. The van der Waals surface area contributed by atoms with Crippen LogP contribution in [0.3, 0.4) is 0 Å². The van der Waals surface area contributed by atoms with Crippen LogP contribution >= 0.6 is 0 Å². The first kappa shape index (κ1) is 8.45. The van der Waals surface area contributed by atoms with Crippen LogP contribution in [0.5, 0.6) is 0 Å². The quantitative estimate of drug-likeness (QED) is 0.450. The average molecular weight is 160 g/mol. The molecule has 0 fully saturated rings. The second-order valence-electron chi connectivity index (χ2n) is 2.32.